The van der Waals surface area contributed by atoms with Crippen molar-refractivity contribution < 1.29 is 4.79 Å². The average molecular weight is 268 g/mol. The molecule has 1 aromatic rings. The molecular weight excluding hydrogens is 244 g/mol. The highest BCUT2D eigenvalue weighted by Gasteiger charge is 2.22. The Balaban J connectivity index is 1.44. The molecule has 0 saturated heterocycles. The fraction of sp³-hybridized carbons (Fsp3) is 0.526. The second-order valence-corrected chi connectivity index (χ2v) is 6.31. The minimum Gasteiger partial charge on any atom is -0.300 e. The van der Waals surface area contributed by atoms with Crippen LogP contribution in [0.25, 0.3) is 0 Å². The lowest BCUT2D eigenvalue weighted by Gasteiger charge is -2.06. The standard InChI is InChI=1S/C19H24O/c20-19-6-2-5-15(9-14-19)3-1-4-16-7-10-17(11-8-16)18-12-13-18/h5,7-8,10-11,18H,1-4,6,9,12-14H2. The SMILES string of the molecule is O=C1CCC=C(CCCc2ccc(C3CC3)cc2)CC1. The molecule has 1 fully saturated rings. The predicted molar refractivity (Wildman–Crippen MR) is 82.9 cm³/mol. The van der Waals surface area contributed by atoms with Gasteiger partial charge in [-0.05, 0) is 62.0 Å². The van der Waals surface area contributed by atoms with Crippen molar-refractivity contribution >= 4 is 5.78 Å². The number of carbonyl (C=O) groups excluding carboxylic acids is 1. The topological polar surface area (TPSA) is 17.1 Å². The van der Waals surface area contributed by atoms with Crippen LogP contribution in [0.15, 0.2) is 35.9 Å². The lowest BCUT2D eigenvalue weighted by Crippen LogP contribution is -1.94. The van der Waals surface area contributed by atoms with Crippen LogP contribution < -0.4 is 0 Å². The molecule has 0 aromatic heterocycles. The van der Waals surface area contributed by atoms with Crippen molar-refractivity contribution in [2.24, 2.45) is 0 Å². The van der Waals surface area contributed by atoms with Crippen molar-refractivity contribution in [3.63, 3.8) is 0 Å². The maximum absolute atomic E-state index is 11.4. The molecule has 0 atom stereocenters. The van der Waals surface area contributed by atoms with Crippen LogP contribution in [0.1, 0.15) is 68.4 Å². The number of rotatable bonds is 5. The Hall–Kier alpha value is -1.37. The smallest absolute Gasteiger partial charge is 0.133 e. The third-order valence-electron chi connectivity index (χ3n) is 4.57. The zero-order valence-electron chi connectivity index (χ0n) is 12.2. The quantitative estimate of drug-likeness (QED) is 0.690. The number of aryl methyl sites for hydroxylation is 1. The summed E-state index contributed by atoms with van der Waals surface area (Å²) in [5, 5.41) is 0. The Bertz CT molecular complexity index is 491. The minimum atomic E-state index is 0.437. The van der Waals surface area contributed by atoms with Crippen LogP contribution in [-0.2, 0) is 11.2 Å². The molecule has 1 nitrogen and oxygen atoms in total. The van der Waals surface area contributed by atoms with Crippen molar-refractivity contribution in [1.82, 2.24) is 0 Å². The third-order valence-corrected chi connectivity index (χ3v) is 4.57. The molecule has 0 unspecified atom stereocenters. The molecule has 106 valence electrons. The molecule has 0 bridgehead atoms. The zero-order chi connectivity index (χ0) is 13.8. The summed E-state index contributed by atoms with van der Waals surface area (Å²) in [5.41, 5.74) is 4.49. The Morgan fingerprint density at radius 1 is 0.950 bits per heavy atom. The van der Waals surface area contributed by atoms with E-state index in [4.69, 9.17) is 0 Å². The Morgan fingerprint density at radius 3 is 2.50 bits per heavy atom. The van der Waals surface area contributed by atoms with E-state index in [-0.39, 0.29) is 0 Å². The number of carbonyl (C=O) groups is 1. The van der Waals surface area contributed by atoms with Gasteiger partial charge in [-0.2, -0.15) is 0 Å². The normalized spacial score (nSPS) is 19.6. The van der Waals surface area contributed by atoms with Crippen molar-refractivity contribution in [1.29, 1.82) is 0 Å². The molecule has 1 aromatic carbocycles. The van der Waals surface area contributed by atoms with E-state index >= 15 is 0 Å². The molecule has 20 heavy (non-hydrogen) atoms. The van der Waals surface area contributed by atoms with Gasteiger partial charge >= 0.3 is 0 Å². The Morgan fingerprint density at radius 2 is 1.75 bits per heavy atom. The van der Waals surface area contributed by atoms with Gasteiger partial charge in [0.25, 0.3) is 0 Å². The number of ketones is 1. The van der Waals surface area contributed by atoms with Gasteiger partial charge in [0.05, 0.1) is 0 Å². The van der Waals surface area contributed by atoms with E-state index in [9.17, 15) is 4.79 Å². The molecular formula is C19H24O. The lowest BCUT2D eigenvalue weighted by molar-refractivity contribution is -0.118. The van der Waals surface area contributed by atoms with Crippen molar-refractivity contribution in [2.75, 3.05) is 0 Å². The summed E-state index contributed by atoms with van der Waals surface area (Å²) in [6.07, 6.45) is 12.1. The number of Topliss-reactive ketones (excluding diaryl/α,β-unsaturated/α-hetero) is 1. The van der Waals surface area contributed by atoms with Gasteiger partial charge in [0, 0.05) is 12.8 Å². The molecule has 0 heterocycles. The molecule has 2 aliphatic carbocycles. The first-order chi connectivity index (χ1) is 9.81. The summed E-state index contributed by atoms with van der Waals surface area (Å²) in [4.78, 5) is 11.4. The monoisotopic (exact) mass is 268 g/mol. The predicted octanol–water partition coefficient (Wildman–Crippen LogP) is 4.96. The van der Waals surface area contributed by atoms with E-state index < -0.39 is 0 Å². The first-order valence-electron chi connectivity index (χ1n) is 8.10. The van der Waals surface area contributed by atoms with Crippen LogP contribution >= 0.6 is 0 Å². The van der Waals surface area contributed by atoms with Gasteiger partial charge in [-0.25, -0.2) is 0 Å². The zero-order valence-corrected chi connectivity index (χ0v) is 12.2. The highest BCUT2D eigenvalue weighted by molar-refractivity contribution is 5.79. The Kier molecular flexibility index (Phi) is 4.34. The van der Waals surface area contributed by atoms with Crippen LogP contribution in [0.3, 0.4) is 0 Å². The largest absolute Gasteiger partial charge is 0.300 e. The highest BCUT2D eigenvalue weighted by atomic mass is 16.1. The van der Waals surface area contributed by atoms with Gasteiger partial charge in [-0.15, -0.1) is 0 Å². The third kappa shape index (κ3) is 3.82. The summed E-state index contributed by atoms with van der Waals surface area (Å²) >= 11 is 0. The summed E-state index contributed by atoms with van der Waals surface area (Å²) in [5.74, 6) is 1.30. The van der Waals surface area contributed by atoms with E-state index in [1.807, 2.05) is 0 Å². The summed E-state index contributed by atoms with van der Waals surface area (Å²) < 4.78 is 0. The van der Waals surface area contributed by atoms with E-state index in [0.717, 1.165) is 44.4 Å². The van der Waals surface area contributed by atoms with Crippen LogP contribution in [0.4, 0.5) is 0 Å². The number of benzene rings is 1. The fourth-order valence-corrected chi connectivity index (χ4v) is 3.08. The highest BCUT2D eigenvalue weighted by Crippen LogP contribution is 2.39. The first kappa shape index (κ1) is 13.6. The van der Waals surface area contributed by atoms with Gasteiger partial charge < -0.3 is 0 Å². The maximum atomic E-state index is 11.4. The van der Waals surface area contributed by atoms with Gasteiger partial charge in [0.15, 0.2) is 0 Å². The fourth-order valence-electron chi connectivity index (χ4n) is 3.08. The second-order valence-electron chi connectivity index (χ2n) is 6.31. The number of hydrogen-bond donors (Lipinski definition) is 0. The van der Waals surface area contributed by atoms with Crippen molar-refractivity contribution in [3.05, 3.63) is 47.0 Å². The van der Waals surface area contributed by atoms with Gasteiger partial charge in [-0.1, -0.05) is 35.9 Å². The van der Waals surface area contributed by atoms with E-state index in [0.29, 0.717) is 5.78 Å². The van der Waals surface area contributed by atoms with Gasteiger partial charge in [-0.3, -0.25) is 4.79 Å². The average Bonchev–Trinajstić information content (AvgIpc) is 3.29. The Labute approximate surface area is 122 Å². The minimum absolute atomic E-state index is 0.437. The van der Waals surface area contributed by atoms with E-state index in [1.165, 1.54) is 36.0 Å². The number of hydrogen-bond acceptors (Lipinski definition) is 1. The molecule has 0 aliphatic heterocycles. The van der Waals surface area contributed by atoms with Crippen LogP contribution in [0.5, 0.6) is 0 Å². The molecule has 0 spiro atoms. The molecule has 0 radical (unpaired) electrons. The molecule has 1 saturated carbocycles. The van der Waals surface area contributed by atoms with Crippen LogP contribution in [0.2, 0.25) is 0 Å². The lowest BCUT2D eigenvalue weighted by atomic mass is 10.00. The summed E-state index contributed by atoms with van der Waals surface area (Å²) in [6, 6.07) is 9.24. The molecule has 2 aliphatic rings. The van der Waals surface area contributed by atoms with E-state index in [2.05, 4.69) is 30.3 Å². The van der Waals surface area contributed by atoms with Gasteiger partial charge in [0.1, 0.15) is 5.78 Å². The van der Waals surface area contributed by atoms with Crippen LogP contribution in [0, 0.1) is 0 Å². The van der Waals surface area contributed by atoms with Crippen molar-refractivity contribution in [2.45, 2.75) is 63.7 Å². The van der Waals surface area contributed by atoms with Crippen LogP contribution in [-0.4, -0.2) is 5.78 Å². The van der Waals surface area contributed by atoms with E-state index in [1.54, 1.807) is 0 Å². The maximum Gasteiger partial charge on any atom is 0.133 e. The molecule has 0 N–H and O–H groups in total. The van der Waals surface area contributed by atoms with Crippen molar-refractivity contribution in [3.8, 4) is 0 Å². The number of allylic oxidation sites excluding steroid dienone is 2. The molecule has 0 amide bonds. The second kappa shape index (κ2) is 6.39. The summed E-state index contributed by atoms with van der Waals surface area (Å²) in [6.45, 7) is 0. The first-order valence-corrected chi connectivity index (χ1v) is 8.10. The molecule has 1 heteroatoms. The summed E-state index contributed by atoms with van der Waals surface area (Å²) in [7, 11) is 0. The van der Waals surface area contributed by atoms with Gasteiger partial charge in [0.2, 0.25) is 0 Å². The molecule has 3 rings (SSSR count).